The Balaban J connectivity index is 1.85. The molecular weight excluding hydrogens is 332 g/mol. The molecule has 1 aromatic heterocycles. The van der Waals surface area contributed by atoms with Gasteiger partial charge in [0.15, 0.2) is 5.17 Å². The second-order valence-corrected chi connectivity index (χ2v) is 7.21. The van der Waals surface area contributed by atoms with Crippen LogP contribution in [0.4, 0.5) is 5.69 Å². The number of rotatable bonds is 4. The average molecular weight is 354 g/mol. The summed E-state index contributed by atoms with van der Waals surface area (Å²) in [4.78, 5) is 19.2. The molecule has 2 heterocycles. The van der Waals surface area contributed by atoms with Crippen LogP contribution in [0, 0.1) is 0 Å². The molecule has 2 aromatic rings. The van der Waals surface area contributed by atoms with Gasteiger partial charge in [-0.1, -0.05) is 43.8 Å². The van der Waals surface area contributed by atoms with Crippen LogP contribution >= 0.6 is 11.8 Å². The number of furan rings is 1. The van der Waals surface area contributed by atoms with Gasteiger partial charge in [0.05, 0.1) is 12.0 Å². The summed E-state index contributed by atoms with van der Waals surface area (Å²) in [6.45, 7) is 5.00. The van der Waals surface area contributed by atoms with E-state index in [9.17, 15) is 4.79 Å². The first kappa shape index (κ1) is 17.5. The van der Waals surface area contributed by atoms with Crippen molar-refractivity contribution in [2.75, 3.05) is 12.3 Å². The molecule has 0 atom stereocenters. The lowest BCUT2D eigenvalue weighted by atomic mass is 10.0. The minimum atomic E-state index is -0.0654. The van der Waals surface area contributed by atoms with Crippen LogP contribution in [0.5, 0.6) is 0 Å². The Morgan fingerprint density at radius 2 is 2.12 bits per heavy atom. The van der Waals surface area contributed by atoms with Gasteiger partial charge < -0.3 is 4.42 Å². The van der Waals surface area contributed by atoms with Crippen LogP contribution in [-0.4, -0.2) is 28.3 Å². The van der Waals surface area contributed by atoms with Crippen LogP contribution in [0.1, 0.15) is 37.5 Å². The molecule has 0 spiro atoms. The molecule has 0 bridgehead atoms. The summed E-state index contributed by atoms with van der Waals surface area (Å²) >= 11 is 1.64. The number of hydrogen-bond acceptors (Lipinski definition) is 4. The Hall–Kier alpha value is -2.27. The highest BCUT2D eigenvalue weighted by Gasteiger charge is 2.22. The molecule has 1 aliphatic heterocycles. The molecule has 1 saturated heterocycles. The van der Waals surface area contributed by atoms with E-state index < -0.39 is 0 Å². The van der Waals surface area contributed by atoms with E-state index in [1.54, 1.807) is 41.1 Å². The third kappa shape index (κ3) is 4.42. The van der Waals surface area contributed by atoms with Crippen LogP contribution in [0.15, 0.2) is 58.1 Å². The fourth-order valence-corrected chi connectivity index (χ4v) is 3.62. The standard InChI is InChI=1S/C20H22N2O2S/c1-15(2)17-8-3-4-9-18(17)21-20-22(12-6-14-25-20)19(23)11-10-16-7-5-13-24-16/h3-5,7-11,13,15H,6,12,14H2,1-2H3/b11-10+,21-20?. The van der Waals surface area contributed by atoms with E-state index in [1.807, 2.05) is 24.3 Å². The summed E-state index contributed by atoms with van der Waals surface area (Å²) in [6, 6.07) is 11.8. The molecule has 0 N–H and O–H groups in total. The summed E-state index contributed by atoms with van der Waals surface area (Å²) in [5.41, 5.74) is 2.13. The minimum absolute atomic E-state index is 0.0654. The monoisotopic (exact) mass is 354 g/mol. The van der Waals surface area contributed by atoms with Gasteiger partial charge in [0.2, 0.25) is 0 Å². The average Bonchev–Trinajstić information content (AvgIpc) is 3.14. The van der Waals surface area contributed by atoms with Crippen molar-refractivity contribution in [2.45, 2.75) is 26.2 Å². The summed E-state index contributed by atoms with van der Waals surface area (Å²) < 4.78 is 5.24. The lowest BCUT2D eigenvalue weighted by Crippen LogP contribution is -2.38. The largest absolute Gasteiger partial charge is 0.465 e. The lowest BCUT2D eigenvalue weighted by molar-refractivity contribution is -0.122. The lowest BCUT2D eigenvalue weighted by Gasteiger charge is -2.27. The summed E-state index contributed by atoms with van der Waals surface area (Å²) in [5.74, 6) is 1.97. The maximum Gasteiger partial charge on any atom is 0.252 e. The molecule has 0 unspecified atom stereocenters. The van der Waals surface area contributed by atoms with Crippen LogP contribution in [0.3, 0.4) is 0 Å². The van der Waals surface area contributed by atoms with Gasteiger partial charge in [0.25, 0.3) is 5.91 Å². The Bertz CT molecular complexity index is 779. The van der Waals surface area contributed by atoms with Crippen molar-refractivity contribution < 1.29 is 9.21 Å². The van der Waals surface area contributed by atoms with Crippen molar-refractivity contribution in [2.24, 2.45) is 4.99 Å². The molecule has 130 valence electrons. The topological polar surface area (TPSA) is 45.8 Å². The maximum atomic E-state index is 12.6. The Labute approximate surface area is 152 Å². The molecule has 0 aliphatic carbocycles. The first-order valence-corrected chi connectivity index (χ1v) is 9.47. The quantitative estimate of drug-likeness (QED) is 0.720. The van der Waals surface area contributed by atoms with E-state index >= 15 is 0 Å². The number of amidine groups is 1. The predicted molar refractivity (Wildman–Crippen MR) is 104 cm³/mol. The number of aliphatic imine (C=N–C) groups is 1. The van der Waals surface area contributed by atoms with Gasteiger partial charge in [-0.2, -0.15) is 0 Å². The van der Waals surface area contributed by atoms with Crippen molar-refractivity contribution in [3.8, 4) is 0 Å². The van der Waals surface area contributed by atoms with Gasteiger partial charge in [-0.05, 0) is 42.2 Å². The molecule has 1 aliphatic rings. The predicted octanol–water partition coefficient (Wildman–Crippen LogP) is 5.07. The highest BCUT2D eigenvalue weighted by Crippen LogP contribution is 2.29. The van der Waals surface area contributed by atoms with Gasteiger partial charge in [0.1, 0.15) is 5.76 Å². The maximum absolute atomic E-state index is 12.6. The highest BCUT2D eigenvalue weighted by molar-refractivity contribution is 8.13. The Morgan fingerprint density at radius 1 is 1.28 bits per heavy atom. The summed E-state index contributed by atoms with van der Waals surface area (Å²) in [5, 5.41) is 0.772. The number of nitrogens with zero attached hydrogens (tertiary/aromatic N) is 2. The fourth-order valence-electron chi connectivity index (χ4n) is 2.67. The normalized spacial score (nSPS) is 16.9. The van der Waals surface area contributed by atoms with Crippen molar-refractivity contribution in [3.63, 3.8) is 0 Å². The van der Waals surface area contributed by atoms with E-state index in [1.165, 1.54) is 5.56 Å². The van der Waals surface area contributed by atoms with E-state index in [-0.39, 0.29) is 5.91 Å². The minimum Gasteiger partial charge on any atom is -0.465 e. The summed E-state index contributed by atoms with van der Waals surface area (Å²) in [7, 11) is 0. The van der Waals surface area contributed by atoms with Crippen LogP contribution in [-0.2, 0) is 4.79 Å². The SMILES string of the molecule is CC(C)c1ccccc1N=C1SCCCN1C(=O)/C=C/c1ccco1. The van der Waals surface area contributed by atoms with Crippen molar-refractivity contribution in [1.82, 2.24) is 4.90 Å². The second kappa shape index (κ2) is 8.21. The van der Waals surface area contributed by atoms with Crippen LogP contribution in [0.2, 0.25) is 0 Å². The number of hydrogen-bond donors (Lipinski definition) is 0. The van der Waals surface area contributed by atoms with Gasteiger partial charge in [-0.3, -0.25) is 9.69 Å². The van der Waals surface area contributed by atoms with E-state index in [4.69, 9.17) is 9.41 Å². The highest BCUT2D eigenvalue weighted by atomic mass is 32.2. The van der Waals surface area contributed by atoms with Crippen LogP contribution < -0.4 is 0 Å². The number of carbonyl (C=O) groups excluding carboxylic acids is 1. The second-order valence-electron chi connectivity index (χ2n) is 6.15. The number of benzene rings is 1. The van der Waals surface area contributed by atoms with Crippen molar-refractivity contribution in [3.05, 3.63) is 60.1 Å². The number of amides is 1. The fraction of sp³-hybridized carbons (Fsp3) is 0.300. The molecule has 1 amide bonds. The molecule has 1 aromatic carbocycles. The van der Waals surface area contributed by atoms with Gasteiger partial charge in [0, 0.05) is 18.4 Å². The number of carbonyl (C=O) groups is 1. The Kier molecular flexibility index (Phi) is 5.76. The molecule has 4 nitrogen and oxygen atoms in total. The molecule has 3 rings (SSSR count). The molecular formula is C20H22N2O2S. The van der Waals surface area contributed by atoms with Crippen LogP contribution in [0.25, 0.3) is 6.08 Å². The zero-order valence-electron chi connectivity index (χ0n) is 14.5. The van der Waals surface area contributed by atoms with Crippen molar-refractivity contribution >= 4 is 34.6 Å². The van der Waals surface area contributed by atoms with Gasteiger partial charge >= 0.3 is 0 Å². The van der Waals surface area contributed by atoms with E-state index in [2.05, 4.69) is 19.9 Å². The van der Waals surface area contributed by atoms with Crippen molar-refractivity contribution in [1.29, 1.82) is 0 Å². The zero-order valence-corrected chi connectivity index (χ0v) is 15.3. The number of thioether (sulfide) groups is 1. The first-order valence-electron chi connectivity index (χ1n) is 8.48. The molecule has 0 radical (unpaired) electrons. The third-order valence-corrected chi connectivity index (χ3v) is 5.03. The third-order valence-electron chi connectivity index (χ3n) is 3.96. The molecule has 25 heavy (non-hydrogen) atoms. The number of para-hydroxylation sites is 1. The first-order chi connectivity index (χ1) is 12.1. The molecule has 1 fully saturated rings. The molecule has 5 heteroatoms. The molecule has 0 saturated carbocycles. The van der Waals surface area contributed by atoms with Gasteiger partial charge in [-0.25, -0.2) is 4.99 Å². The Morgan fingerprint density at radius 3 is 2.88 bits per heavy atom. The summed E-state index contributed by atoms with van der Waals surface area (Å²) in [6.07, 6.45) is 5.81. The van der Waals surface area contributed by atoms with Gasteiger partial charge in [-0.15, -0.1) is 0 Å². The smallest absolute Gasteiger partial charge is 0.252 e. The van der Waals surface area contributed by atoms with E-state index in [0.29, 0.717) is 18.2 Å². The van der Waals surface area contributed by atoms with E-state index in [0.717, 1.165) is 23.0 Å². The zero-order chi connectivity index (χ0) is 17.6.